The number of nitrogens with zero attached hydrogens (tertiary/aromatic N) is 2. The smallest absolute Gasteiger partial charge is 0.362 e. The first-order valence-corrected chi connectivity index (χ1v) is 8.93. The van der Waals surface area contributed by atoms with E-state index in [0.29, 0.717) is 12.1 Å². The maximum Gasteiger partial charge on any atom is 0.411 e. The fourth-order valence-electron chi connectivity index (χ4n) is 2.37. The first kappa shape index (κ1) is 21.4. The molecule has 0 aliphatic carbocycles. The fraction of sp³-hybridized carbons (Fsp3) is 0.500. The van der Waals surface area contributed by atoms with E-state index < -0.39 is 57.7 Å². The average molecular weight is 420 g/mol. The minimum absolute atomic E-state index is 0.182. The topological polar surface area (TPSA) is 66.9 Å². The number of sulfonamides is 1. The molecular formula is C14H14F6N2O4S. The van der Waals surface area contributed by atoms with Gasteiger partial charge in [-0.2, -0.15) is 17.5 Å². The molecule has 13 heteroatoms. The lowest BCUT2D eigenvalue weighted by Gasteiger charge is -2.34. The highest BCUT2D eigenvalue weighted by molar-refractivity contribution is 7.89. The Hall–Kier alpha value is -1.86. The summed E-state index contributed by atoms with van der Waals surface area (Å²) < 4.78 is 106. The van der Waals surface area contributed by atoms with Gasteiger partial charge in [-0.3, -0.25) is 4.79 Å². The molecule has 0 atom stereocenters. The van der Waals surface area contributed by atoms with E-state index in [2.05, 4.69) is 4.74 Å². The predicted octanol–water partition coefficient (Wildman–Crippen LogP) is 1.52. The van der Waals surface area contributed by atoms with Crippen LogP contribution in [-0.4, -0.2) is 69.1 Å². The van der Waals surface area contributed by atoms with Crippen molar-refractivity contribution in [3.63, 3.8) is 0 Å². The van der Waals surface area contributed by atoms with Crippen molar-refractivity contribution >= 4 is 15.9 Å². The molecule has 0 N–H and O–H groups in total. The van der Waals surface area contributed by atoms with Gasteiger partial charge in [-0.15, -0.1) is 0 Å². The zero-order chi connectivity index (χ0) is 20.4. The minimum atomic E-state index is -4.58. The second-order valence-electron chi connectivity index (χ2n) is 5.57. The Kier molecular flexibility index (Phi) is 6.37. The Bertz CT molecular complexity index is 807. The maximum absolute atomic E-state index is 13.8. The van der Waals surface area contributed by atoms with E-state index in [1.165, 1.54) is 0 Å². The number of rotatable bonds is 5. The van der Waals surface area contributed by atoms with Crippen LogP contribution in [0.1, 0.15) is 0 Å². The first-order valence-electron chi connectivity index (χ1n) is 7.49. The molecule has 1 amide bonds. The van der Waals surface area contributed by atoms with Crippen molar-refractivity contribution in [2.45, 2.75) is 11.1 Å². The zero-order valence-electron chi connectivity index (χ0n) is 13.6. The predicted molar refractivity (Wildman–Crippen MR) is 78.5 cm³/mol. The molecule has 1 aliphatic rings. The number of alkyl halides is 3. The number of ether oxygens (including phenoxy) is 1. The van der Waals surface area contributed by atoms with Gasteiger partial charge in [0.15, 0.2) is 17.5 Å². The number of piperazine rings is 1. The zero-order valence-corrected chi connectivity index (χ0v) is 14.4. The van der Waals surface area contributed by atoms with Crippen LogP contribution in [0.3, 0.4) is 0 Å². The third-order valence-electron chi connectivity index (χ3n) is 3.70. The molecule has 2 rings (SSSR count). The van der Waals surface area contributed by atoms with Crippen LogP contribution in [0, 0.1) is 17.5 Å². The van der Waals surface area contributed by atoms with Crippen molar-refractivity contribution in [2.24, 2.45) is 0 Å². The van der Waals surface area contributed by atoms with Gasteiger partial charge in [0, 0.05) is 26.2 Å². The van der Waals surface area contributed by atoms with E-state index in [0.717, 1.165) is 9.21 Å². The molecule has 6 nitrogen and oxygen atoms in total. The van der Waals surface area contributed by atoms with Gasteiger partial charge in [-0.25, -0.2) is 21.6 Å². The van der Waals surface area contributed by atoms with Crippen molar-refractivity contribution in [2.75, 3.05) is 39.4 Å². The fourth-order valence-corrected chi connectivity index (χ4v) is 3.85. The lowest BCUT2D eigenvalue weighted by molar-refractivity contribution is -0.178. The summed E-state index contributed by atoms with van der Waals surface area (Å²) in [6, 6.07) is 1.06. The molecule has 152 valence electrons. The van der Waals surface area contributed by atoms with Gasteiger partial charge < -0.3 is 9.64 Å². The number of hydrogen-bond donors (Lipinski definition) is 0. The number of halogens is 6. The largest absolute Gasteiger partial charge is 0.411 e. The number of carbonyl (C=O) groups excluding carboxylic acids is 1. The molecule has 0 radical (unpaired) electrons. The van der Waals surface area contributed by atoms with Crippen molar-refractivity contribution in [1.29, 1.82) is 0 Å². The summed E-state index contributed by atoms with van der Waals surface area (Å²) >= 11 is 0. The third kappa shape index (κ3) is 5.11. The summed E-state index contributed by atoms with van der Waals surface area (Å²) in [6.45, 7) is -3.39. The Morgan fingerprint density at radius 3 is 2.19 bits per heavy atom. The summed E-state index contributed by atoms with van der Waals surface area (Å²) in [7, 11) is -4.48. The van der Waals surface area contributed by atoms with Crippen molar-refractivity contribution < 1.29 is 44.3 Å². The van der Waals surface area contributed by atoms with Crippen molar-refractivity contribution in [3.8, 4) is 0 Å². The van der Waals surface area contributed by atoms with E-state index in [9.17, 15) is 39.6 Å². The molecule has 1 aromatic carbocycles. The van der Waals surface area contributed by atoms with Crippen molar-refractivity contribution in [3.05, 3.63) is 29.6 Å². The molecular weight excluding hydrogens is 406 g/mol. The van der Waals surface area contributed by atoms with Gasteiger partial charge in [0.25, 0.3) is 0 Å². The molecule has 1 aromatic rings. The van der Waals surface area contributed by atoms with Gasteiger partial charge in [-0.05, 0) is 12.1 Å². The van der Waals surface area contributed by atoms with Crippen molar-refractivity contribution in [1.82, 2.24) is 9.21 Å². The van der Waals surface area contributed by atoms with Crippen LogP contribution in [-0.2, 0) is 19.6 Å². The van der Waals surface area contributed by atoms with Crippen LogP contribution >= 0.6 is 0 Å². The quantitative estimate of drug-likeness (QED) is 0.535. The first-order chi connectivity index (χ1) is 12.4. The molecule has 1 aliphatic heterocycles. The van der Waals surface area contributed by atoms with E-state index in [1.807, 2.05) is 0 Å². The standard InChI is InChI=1S/C14H14F6N2O4S/c15-9-1-2-10(13(17)12(9)16)27(24,25)22-5-3-21(4-6-22)11(23)7-26-8-14(18,19)20/h1-2H,3-8H2. The number of carbonyl (C=O) groups is 1. The number of amides is 1. The van der Waals surface area contributed by atoms with E-state index in [1.54, 1.807) is 0 Å². The van der Waals surface area contributed by atoms with Crippen LogP contribution < -0.4 is 0 Å². The van der Waals surface area contributed by atoms with Crippen LogP contribution in [0.5, 0.6) is 0 Å². The van der Waals surface area contributed by atoms with Crippen LogP contribution in [0.2, 0.25) is 0 Å². The Labute approximate surface area is 150 Å². The van der Waals surface area contributed by atoms with Gasteiger partial charge in [-0.1, -0.05) is 0 Å². The summed E-state index contributed by atoms with van der Waals surface area (Å²) in [6.07, 6.45) is -4.58. The van der Waals surface area contributed by atoms with Gasteiger partial charge in [0.05, 0.1) is 0 Å². The van der Waals surface area contributed by atoms with Gasteiger partial charge in [0.2, 0.25) is 15.9 Å². The van der Waals surface area contributed by atoms with E-state index in [-0.39, 0.29) is 26.2 Å². The number of hydrogen-bond acceptors (Lipinski definition) is 4. The summed E-state index contributed by atoms with van der Waals surface area (Å²) in [5, 5.41) is 0. The molecule has 0 spiro atoms. The van der Waals surface area contributed by atoms with Crippen LogP contribution in [0.4, 0.5) is 26.3 Å². The lowest BCUT2D eigenvalue weighted by atomic mass is 10.3. The van der Waals surface area contributed by atoms with E-state index in [4.69, 9.17) is 0 Å². The van der Waals surface area contributed by atoms with Gasteiger partial charge in [0.1, 0.15) is 18.1 Å². The highest BCUT2D eigenvalue weighted by atomic mass is 32.2. The van der Waals surface area contributed by atoms with E-state index >= 15 is 0 Å². The minimum Gasteiger partial charge on any atom is -0.362 e. The molecule has 0 bridgehead atoms. The molecule has 1 heterocycles. The van der Waals surface area contributed by atoms with Crippen LogP contribution in [0.15, 0.2) is 17.0 Å². The molecule has 0 unspecified atom stereocenters. The van der Waals surface area contributed by atoms with Gasteiger partial charge >= 0.3 is 6.18 Å². The molecule has 1 saturated heterocycles. The number of benzene rings is 1. The molecule has 27 heavy (non-hydrogen) atoms. The highest BCUT2D eigenvalue weighted by Gasteiger charge is 2.34. The third-order valence-corrected chi connectivity index (χ3v) is 5.62. The summed E-state index contributed by atoms with van der Waals surface area (Å²) in [4.78, 5) is 11.8. The summed E-state index contributed by atoms with van der Waals surface area (Å²) in [5.41, 5.74) is 0. The maximum atomic E-state index is 13.8. The molecule has 0 saturated carbocycles. The average Bonchev–Trinajstić information content (AvgIpc) is 2.58. The monoisotopic (exact) mass is 420 g/mol. The Balaban J connectivity index is 1.99. The SMILES string of the molecule is O=C(COCC(F)(F)F)N1CCN(S(=O)(=O)c2ccc(F)c(F)c2F)CC1. The second kappa shape index (κ2) is 8.02. The Morgan fingerprint density at radius 2 is 1.63 bits per heavy atom. The normalized spacial score (nSPS) is 16.6. The molecule has 0 aromatic heterocycles. The summed E-state index contributed by atoms with van der Waals surface area (Å²) in [5.74, 6) is -6.09. The lowest BCUT2D eigenvalue weighted by Crippen LogP contribution is -2.51. The Morgan fingerprint density at radius 1 is 1.04 bits per heavy atom. The second-order valence-corrected chi connectivity index (χ2v) is 7.47. The van der Waals surface area contributed by atoms with Crippen LogP contribution in [0.25, 0.3) is 0 Å². The molecule has 1 fully saturated rings. The highest BCUT2D eigenvalue weighted by Crippen LogP contribution is 2.24.